The number of imidazole rings is 1. The highest BCUT2D eigenvalue weighted by molar-refractivity contribution is 5.79. The molecule has 0 saturated heterocycles. The summed E-state index contributed by atoms with van der Waals surface area (Å²) in [6, 6.07) is 9.87. The van der Waals surface area contributed by atoms with Crippen LogP contribution in [0, 0.1) is 0 Å². The Labute approximate surface area is 149 Å². The number of rotatable bonds is 6. The normalized spacial score (nSPS) is 11.8. The standard InChI is InChI=1S/C18H20N6O2/c1-3-12-24-14-15(23(2)18(26)21-16(14)25)20-17(24)22-19-11-7-10-13-8-5-4-6-9-13/h4-11H,3,12H2,1-2H3,(H,20,22)(H,21,25,26)/b10-7+,19-11+. The zero-order chi connectivity index (χ0) is 18.5. The molecule has 0 aliphatic rings. The fraction of sp³-hybridized carbons (Fsp3) is 0.222. The van der Waals surface area contributed by atoms with E-state index in [1.807, 2.05) is 43.3 Å². The topological polar surface area (TPSA) is 97.1 Å². The van der Waals surface area contributed by atoms with Crippen molar-refractivity contribution in [3.63, 3.8) is 0 Å². The second-order valence-electron chi connectivity index (χ2n) is 5.74. The molecule has 0 aliphatic carbocycles. The summed E-state index contributed by atoms with van der Waals surface area (Å²) in [7, 11) is 1.57. The van der Waals surface area contributed by atoms with Crippen LogP contribution in [0.15, 0.2) is 51.1 Å². The molecule has 1 aromatic carbocycles. The van der Waals surface area contributed by atoms with Crippen LogP contribution in [0.5, 0.6) is 0 Å². The van der Waals surface area contributed by atoms with Crippen molar-refractivity contribution in [3.8, 4) is 0 Å². The molecule has 2 heterocycles. The van der Waals surface area contributed by atoms with Crippen LogP contribution in [-0.4, -0.2) is 25.3 Å². The van der Waals surface area contributed by atoms with Gasteiger partial charge in [-0.1, -0.05) is 43.3 Å². The van der Waals surface area contributed by atoms with Gasteiger partial charge in [-0.3, -0.25) is 14.3 Å². The number of fused-ring (bicyclic) bond motifs is 1. The first kappa shape index (κ1) is 17.4. The van der Waals surface area contributed by atoms with E-state index in [4.69, 9.17) is 0 Å². The molecule has 134 valence electrons. The van der Waals surface area contributed by atoms with Gasteiger partial charge in [0.15, 0.2) is 11.2 Å². The minimum Gasteiger partial charge on any atom is -0.303 e. The molecule has 0 radical (unpaired) electrons. The fourth-order valence-corrected chi connectivity index (χ4v) is 2.62. The van der Waals surface area contributed by atoms with Crippen LogP contribution in [0.4, 0.5) is 5.95 Å². The molecule has 2 N–H and O–H groups in total. The van der Waals surface area contributed by atoms with Crippen molar-refractivity contribution in [2.75, 3.05) is 5.43 Å². The van der Waals surface area contributed by atoms with Crippen LogP contribution in [0.1, 0.15) is 18.9 Å². The minimum atomic E-state index is -0.496. The molecule has 0 spiro atoms. The third kappa shape index (κ3) is 3.49. The highest BCUT2D eigenvalue weighted by Gasteiger charge is 2.16. The lowest BCUT2D eigenvalue weighted by atomic mass is 10.2. The van der Waals surface area contributed by atoms with E-state index in [1.165, 1.54) is 4.57 Å². The number of H-pyrrole nitrogens is 1. The minimum absolute atomic E-state index is 0.324. The van der Waals surface area contributed by atoms with E-state index in [9.17, 15) is 9.59 Å². The molecule has 26 heavy (non-hydrogen) atoms. The smallest absolute Gasteiger partial charge is 0.303 e. The molecule has 8 heteroatoms. The van der Waals surface area contributed by atoms with Crippen molar-refractivity contribution in [1.29, 1.82) is 0 Å². The van der Waals surface area contributed by atoms with E-state index >= 15 is 0 Å². The van der Waals surface area contributed by atoms with Crippen LogP contribution in [0.25, 0.3) is 17.2 Å². The van der Waals surface area contributed by atoms with Crippen LogP contribution < -0.4 is 16.7 Å². The number of aromatic nitrogens is 4. The Morgan fingerprint density at radius 1 is 1.27 bits per heavy atom. The summed E-state index contributed by atoms with van der Waals surface area (Å²) in [5.74, 6) is 0.415. The van der Waals surface area contributed by atoms with E-state index < -0.39 is 11.2 Å². The lowest BCUT2D eigenvalue weighted by Gasteiger charge is -2.05. The Bertz CT molecular complexity index is 1070. The van der Waals surface area contributed by atoms with Gasteiger partial charge in [0, 0.05) is 19.8 Å². The fourth-order valence-electron chi connectivity index (χ4n) is 2.62. The van der Waals surface area contributed by atoms with E-state index in [2.05, 4.69) is 20.5 Å². The maximum absolute atomic E-state index is 12.2. The predicted octanol–water partition coefficient (Wildman–Crippen LogP) is 1.94. The highest BCUT2D eigenvalue weighted by atomic mass is 16.2. The Balaban J connectivity index is 1.89. The van der Waals surface area contributed by atoms with E-state index in [0.717, 1.165) is 12.0 Å². The van der Waals surface area contributed by atoms with E-state index in [-0.39, 0.29) is 0 Å². The van der Waals surface area contributed by atoms with Crippen LogP contribution in [0.3, 0.4) is 0 Å². The van der Waals surface area contributed by atoms with E-state index in [1.54, 1.807) is 23.9 Å². The van der Waals surface area contributed by atoms with Gasteiger partial charge in [-0.25, -0.2) is 10.2 Å². The summed E-state index contributed by atoms with van der Waals surface area (Å²) in [5, 5.41) is 4.13. The second-order valence-corrected chi connectivity index (χ2v) is 5.74. The molecule has 0 aliphatic heterocycles. The zero-order valence-corrected chi connectivity index (χ0v) is 14.6. The number of aryl methyl sites for hydroxylation is 2. The van der Waals surface area contributed by atoms with Crippen molar-refractivity contribution in [1.82, 2.24) is 19.1 Å². The molecule has 0 fully saturated rings. The van der Waals surface area contributed by atoms with Gasteiger partial charge < -0.3 is 4.57 Å². The molecule has 0 atom stereocenters. The van der Waals surface area contributed by atoms with Crippen molar-refractivity contribution in [2.45, 2.75) is 19.9 Å². The first-order chi connectivity index (χ1) is 12.6. The monoisotopic (exact) mass is 352 g/mol. The Morgan fingerprint density at radius 2 is 2.04 bits per heavy atom. The first-order valence-corrected chi connectivity index (χ1v) is 8.32. The van der Waals surface area contributed by atoms with Gasteiger partial charge in [0.2, 0.25) is 5.95 Å². The average molecular weight is 352 g/mol. The van der Waals surface area contributed by atoms with Gasteiger partial charge in [0.25, 0.3) is 5.56 Å². The lowest BCUT2D eigenvalue weighted by Crippen LogP contribution is -2.29. The number of benzene rings is 1. The lowest BCUT2D eigenvalue weighted by molar-refractivity contribution is 0.698. The number of hydrazone groups is 1. The van der Waals surface area contributed by atoms with Gasteiger partial charge in [0.1, 0.15) is 0 Å². The Morgan fingerprint density at radius 3 is 2.77 bits per heavy atom. The van der Waals surface area contributed by atoms with Gasteiger partial charge in [-0.2, -0.15) is 10.1 Å². The summed E-state index contributed by atoms with van der Waals surface area (Å²) in [6.45, 7) is 2.58. The molecular formula is C18H20N6O2. The molecule has 3 aromatic rings. The molecule has 2 aromatic heterocycles. The second kappa shape index (κ2) is 7.64. The van der Waals surface area contributed by atoms with Crippen molar-refractivity contribution in [3.05, 3.63) is 62.8 Å². The van der Waals surface area contributed by atoms with Crippen LogP contribution >= 0.6 is 0 Å². The number of nitrogens with one attached hydrogen (secondary N) is 2. The average Bonchev–Trinajstić information content (AvgIpc) is 3.00. The maximum atomic E-state index is 12.2. The summed E-state index contributed by atoms with van der Waals surface area (Å²) >= 11 is 0. The van der Waals surface area contributed by atoms with Gasteiger partial charge in [-0.05, 0) is 18.1 Å². The van der Waals surface area contributed by atoms with Gasteiger partial charge in [-0.15, -0.1) is 0 Å². The van der Waals surface area contributed by atoms with Gasteiger partial charge in [0.05, 0.1) is 0 Å². The summed E-state index contributed by atoms with van der Waals surface area (Å²) in [5.41, 5.74) is 3.65. The highest BCUT2D eigenvalue weighted by Crippen LogP contribution is 2.15. The third-order valence-corrected chi connectivity index (χ3v) is 3.87. The van der Waals surface area contributed by atoms with Crippen LogP contribution in [0.2, 0.25) is 0 Å². The summed E-state index contributed by atoms with van der Waals surface area (Å²) in [4.78, 5) is 30.6. The van der Waals surface area contributed by atoms with Crippen molar-refractivity contribution < 1.29 is 0 Å². The zero-order valence-electron chi connectivity index (χ0n) is 14.6. The summed E-state index contributed by atoms with van der Waals surface area (Å²) < 4.78 is 3.04. The van der Waals surface area contributed by atoms with E-state index in [0.29, 0.717) is 23.7 Å². The molecule has 0 unspecified atom stereocenters. The largest absolute Gasteiger partial charge is 0.329 e. The quantitative estimate of drug-likeness (QED) is 0.523. The first-order valence-electron chi connectivity index (χ1n) is 8.32. The number of nitrogens with zero attached hydrogens (tertiary/aromatic N) is 4. The number of aromatic amines is 1. The molecule has 8 nitrogen and oxygen atoms in total. The Kier molecular flexibility index (Phi) is 5.12. The molecule has 0 saturated carbocycles. The Hall–Kier alpha value is -3.42. The number of hydrogen-bond acceptors (Lipinski definition) is 5. The van der Waals surface area contributed by atoms with Gasteiger partial charge >= 0.3 is 5.69 Å². The van der Waals surface area contributed by atoms with Crippen LogP contribution in [-0.2, 0) is 13.6 Å². The molecule has 0 bridgehead atoms. The van der Waals surface area contributed by atoms with Crippen molar-refractivity contribution >= 4 is 29.4 Å². The maximum Gasteiger partial charge on any atom is 0.329 e. The number of allylic oxidation sites excluding steroid dienone is 1. The molecule has 3 rings (SSSR count). The SMILES string of the molecule is CCCn1c(N/N=C/C=C/c2ccccc2)nc2c1c(=O)[nH]c(=O)n2C. The molecule has 0 amide bonds. The summed E-state index contributed by atoms with van der Waals surface area (Å²) in [6.07, 6.45) is 6.14. The number of hydrogen-bond donors (Lipinski definition) is 2. The predicted molar refractivity (Wildman–Crippen MR) is 103 cm³/mol. The molecular weight excluding hydrogens is 332 g/mol. The van der Waals surface area contributed by atoms with Crippen molar-refractivity contribution in [2.24, 2.45) is 12.1 Å². The number of anilines is 1. The third-order valence-electron chi connectivity index (χ3n) is 3.87.